The number of rotatable bonds is 7. The number of anilines is 1. The Kier molecular flexibility index (Phi) is 6.29. The van der Waals surface area contributed by atoms with E-state index in [1.54, 1.807) is 0 Å². The molecular weight excluding hydrogens is 320 g/mol. The molecule has 0 saturated heterocycles. The number of aryl methyl sites for hydroxylation is 2. The van der Waals surface area contributed by atoms with Gasteiger partial charge in [-0.1, -0.05) is 44.2 Å². The van der Waals surface area contributed by atoms with Crippen molar-refractivity contribution in [2.75, 3.05) is 18.4 Å². The minimum atomic E-state index is 0.473. The van der Waals surface area contributed by atoms with E-state index in [0.717, 1.165) is 25.3 Å². The molecule has 26 heavy (non-hydrogen) atoms. The highest BCUT2D eigenvalue weighted by atomic mass is 15.1. The van der Waals surface area contributed by atoms with Gasteiger partial charge in [0.2, 0.25) is 0 Å². The third kappa shape index (κ3) is 4.64. The van der Waals surface area contributed by atoms with E-state index < -0.39 is 0 Å². The molecule has 0 unspecified atom stereocenters. The van der Waals surface area contributed by atoms with Gasteiger partial charge in [-0.3, -0.25) is 4.90 Å². The summed E-state index contributed by atoms with van der Waals surface area (Å²) in [6, 6.07) is 15.0. The van der Waals surface area contributed by atoms with E-state index in [4.69, 9.17) is 5.73 Å². The summed E-state index contributed by atoms with van der Waals surface area (Å²) in [6.45, 7) is 8.05. The molecule has 3 N–H and O–H groups in total. The van der Waals surface area contributed by atoms with E-state index in [1.165, 1.54) is 41.5 Å². The Morgan fingerprint density at radius 1 is 1.04 bits per heavy atom. The highest BCUT2D eigenvalue weighted by molar-refractivity contribution is 5.92. The molecule has 0 saturated carbocycles. The molecule has 4 heteroatoms. The first kappa shape index (κ1) is 18.5. The molecule has 138 valence electrons. The SMILES string of the molecule is CCN(CC)Cc1ccccc1CN=C(N)Nc1ccc2c(c1)CCC2. The molecule has 0 amide bonds. The van der Waals surface area contributed by atoms with Gasteiger partial charge in [-0.15, -0.1) is 0 Å². The third-order valence-electron chi connectivity index (χ3n) is 5.20. The lowest BCUT2D eigenvalue weighted by Crippen LogP contribution is -2.24. The Morgan fingerprint density at radius 2 is 1.77 bits per heavy atom. The van der Waals surface area contributed by atoms with Crippen LogP contribution < -0.4 is 11.1 Å². The minimum absolute atomic E-state index is 0.473. The van der Waals surface area contributed by atoms with Crippen molar-refractivity contribution in [2.24, 2.45) is 10.7 Å². The monoisotopic (exact) mass is 350 g/mol. The number of benzene rings is 2. The maximum atomic E-state index is 6.13. The van der Waals surface area contributed by atoms with Crippen molar-refractivity contribution in [3.05, 3.63) is 64.7 Å². The smallest absolute Gasteiger partial charge is 0.193 e. The first-order valence-corrected chi connectivity index (χ1v) is 9.67. The van der Waals surface area contributed by atoms with Gasteiger partial charge in [0.1, 0.15) is 0 Å². The molecule has 3 rings (SSSR count). The Balaban J connectivity index is 1.65. The summed E-state index contributed by atoms with van der Waals surface area (Å²) < 4.78 is 0. The second-order valence-electron chi connectivity index (χ2n) is 6.89. The van der Waals surface area contributed by atoms with Crippen molar-refractivity contribution in [3.8, 4) is 0 Å². The van der Waals surface area contributed by atoms with Gasteiger partial charge in [-0.25, -0.2) is 4.99 Å². The Morgan fingerprint density at radius 3 is 2.54 bits per heavy atom. The molecule has 1 aliphatic rings. The predicted octanol–water partition coefficient (Wildman–Crippen LogP) is 3.94. The van der Waals surface area contributed by atoms with Gasteiger partial charge in [0.25, 0.3) is 0 Å². The first-order valence-electron chi connectivity index (χ1n) is 9.67. The second kappa shape index (κ2) is 8.86. The van der Waals surface area contributed by atoms with Crippen LogP contribution in [0.3, 0.4) is 0 Å². The molecule has 4 nitrogen and oxygen atoms in total. The van der Waals surface area contributed by atoms with Crippen LogP contribution in [-0.4, -0.2) is 23.9 Å². The van der Waals surface area contributed by atoms with Crippen LogP contribution in [0.25, 0.3) is 0 Å². The summed E-state index contributed by atoms with van der Waals surface area (Å²) >= 11 is 0. The maximum Gasteiger partial charge on any atom is 0.193 e. The van der Waals surface area contributed by atoms with Crippen LogP contribution in [-0.2, 0) is 25.9 Å². The molecule has 2 aromatic carbocycles. The fourth-order valence-electron chi connectivity index (χ4n) is 3.56. The molecule has 0 aliphatic heterocycles. The van der Waals surface area contributed by atoms with E-state index in [-0.39, 0.29) is 0 Å². The number of aliphatic imine (C=N–C) groups is 1. The lowest BCUT2D eigenvalue weighted by Gasteiger charge is -2.19. The van der Waals surface area contributed by atoms with Crippen LogP contribution >= 0.6 is 0 Å². The Bertz CT molecular complexity index is 762. The summed E-state index contributed by atoms with van der Waals surface area (Å²) in [4.78, 5) is 6.98. The number of nitrogens with one attached hydrogen (secondary N) is 1. The summed E-state index contributed by atoms with van der Waals surface area (Å²) in [6.07, 6.45) is 3.62. The van der Waals surface area contributed by atoms with Gasteiger partial charge in [0.05, 0.1) is 6.54 Å². The number of hydrogen-bond acceptors (Lipinski definition) is 2. The summed E-state index contributed by atoms with van der Waals surface area (Å²) in [5, 5.41) is 3.24. The number of nitrogens with zero attached hydrogens (tertiary/aromatic N) is 2. The van der Waals surface area contributed by atoms with Crippen molar-refractivity contribution >= 4 is 11.6 Å². The number of guanidine groups is 1. The lowest BCUT2D eigenvalue weighted by atomic mass is 10.1. The third-order valence-corrected chi connectivity index (χ3v) is 5.20. The molecular formula is C22H30N4. The molecule has 0 fully saturated rings. The topological polar surface area (TPSA) is 53.6 Å². The molecule has 0 heterocycles. The molecule has 0 atom stereocenters. The van der Waals surface area contributed by atoms with Gasteiger partial charge in [0, 0.05) is 12.2 Å². The number of fused-ring (bicyclic) bond motifs is 1. The maximum absolute atomic E-state index is 6.13. The van der Waals surface area contributed by atoms with Gasteiger partial charge in [-0.2, -0.15) is 0 Å². The van der Waals surface area contributed by atoms with Crippen LogP contribution in [0.15, 0.2) is 47.5 Å². The molecule has 0 radical (unpaired) electrons. The Labute approximate surface area is 157 Å². The minimum Gasteiger partial charge on any atom is -0.370 e. The van der Waals surface area contributed by atoms with Crippen LogP contribution in [0.5, 0.6) is 0 Å². The van der Waals surface area contributed by atoms with E-state index in [0.29, 0.717) is 12.5 Å². The average Bonchev–Trinajstić information content (AvgIpc) is 3.13. The highest BCUT2D eigenvalue weighted by Crippen LogP contribution is 2.24. The summed E-state index contributed by atoms with van der Waals surface area (Å²) in [7, 11) is 0. The van der Waals surface area contributed by atoms with Crippen molar-refractivity contribution in [1.82, 2.24) is 4.90 Å². The number of hydrogen-bond donors (Lipinski definition) is 2. The van der Waals surface area contributed by atoms with Crippen molar-refractivity contribution < 1.29 is 0 Å². The van der Waals surface area contributed by atoms with Gasteiger partial charge >= 0.3 is 0 Å². The summed E-state index contributed by atoms with van der Waals surface area (Å²) in [5.74, 6) is 0.473. The largest absolute Gasteiger partial charge is 0.370 e. The predicted molar refractivity (Wildman–Crippen MR) is 110 cm³/mol. The van der Waals surface area contributed by atoms with Crippen LogP contribution in [0.1, 0.15) is 42.5 Å². The molecule has 2 aromatic rings. The van der Waals surface area contributed by atoms with Crippen LogP contribution in [0.2, 0.25) is 0 Å². The average molecular weight is 351 g/mol. The molecule has 0 bridgehead atoms. The second-order valence-corrected chi connectivity index (χ2v) is 6.89. The van der Waals surface area contributed by atoms with E-state index in [2.05, 4.69) is 71.5 Å². The van der Waals surface area contributed by atoms with Crippen molar-refractivity contribution in [1.29, 1.82) is 0 Å². The zero-order valence-corrected chi connectivity index (χ0v) is 16.0. The highest BCUT2D eigenvalue weighted by Gasteiger charge is 2.11. The Hall–Kier alpha value is -2.33. The van der Waals surface area contributed by atoms with Gasteiger partial charge in [0.15, 0.2) is 5.96 Å². The van der Waals surface area contributed by atoms with Gasteiger partial charge < -0.3 is 11.1 Å². The first-order chi connectivity index (χ1) is 12.7. The lowest BCUT2D eigenvalue weighted by molar-refractivity contribution is 0.295. The fourth-order valence-corrected chi connectivity index (χ4v) is 3.56. The van der Waals surface area contributed by atoms with E-state index >= 15 is 0 Å². The fraction of sp³-hybridized carbons (Fsp3) is 0.409. The van der Waals surface area contributed by atoms with Gasteiger partial charge in [-0.05, 0) is 66.7 Å². The summed E-state index contributed by atoms with van der Waals surface area (Å²) in [5.41, 5.74) is 12.6. The van der Waals surface area contributed by atoms with E-state index in [1.807, 2.05) is 0 Å². The zero-order valence-electron chi connectivity index (χ0n) is 16.0. The normalized spacial score (nSPS) is 13.9. The van der Waals surface area contributed by atoms with Crippen LogP contribution in [0, 0.1) is 0 Å². The quantitative estimate of drug-likeness (QED) is 0.587. The van der Waals surface area contributed by atoms with Crippen molar-refractivity contribution in [3.63, 3.8) is 0 Å². The standard InChI is InChI=1S/C22H30N4/c1-3-26(4-2)16-20-9-6-5-8-19(20)15-24-22(23)25-21-13-12-17-10-7-11-18(17)14-21/h5-6,8-9,12-14H,3-4,7,10-11,15-16H2,1-2H3,(H3,23,24,25). The van der Waals surface area contributed by atoms with Crippen molar-refractivity contribution in [2.45, 2.75) is 46.2 Å². The number of nitrogens with two attached hydrogens (primary N) is 1. The molecule has 1 aliphatic carbocycles. The molecule has 0 aromatic heterocycles. The van der Waals surface area contributed by atoms with E-state index in [9.17, 15) is 0 Å². The van der Waals surface area contributed by atoms with Crippen LogP contribution in [0.4, 0.5) is 5.69 Å². The molecule has 0 spiro atoms. The zero-order chi connectivity index (χ0) is 18.4.